The van der Waals surface area contributed by atoms with E-state index in [2.05, 4.69) is 20.6 Å². The average molecular weight is 358 g/mol. The molecule has 1 unspecified atom stereocenters. The first-order valence-corrected chi connectivity index (χ1v) is 8.41. The van der Waals surface area contributed by atoms with Crippen LogP contribution in [-0.4, -0.2) is 33.7 Å². The van der Waals surface area contributed by atoms with E-state index >= 15 is 0 Å². The highest BCUT2D eigenvalue weighted by molar-refractivity contribution is 6.30. The molecule has 0 saturated heterocycles. The number of rotatable bonds is 7. The maximum atomic E-state index is 5.98. The summed E-state index contributed by atoms with van der Waals surface area (Å²) in [5, 5.41) is 17.0. The van der Waals surface area contributed by atoms with Gasteiger partial charge in [0.15, 0.2) is 5.82 Å². The van der Waals surface area contributed by atoms with Crippen molar-refractivity contribution in [3.63, 3.8) is 0 Å². The number of aryl methyl sites for hydroxylation is 1. The lowest BCUT2D eigenvalue weighted by Crippen LogP contribution is -2.14. The smallest absolute Gasteiger partial charge is 0.175 e. The van der Waals surface area contributed by atoms with Gasteiger partial charge in [0, 0.05) is 24.9 Å². The molecule has 3 aromatic rings. The van der Waals surface area contributed by atoms with Crippen LogP contribution in [0.5, 0.6) is 0 Å². The van der Waals surface area contributed by atoms with E-state index in [0.29, 0.717) is 23.3 Å². The van der Waals surface area contributed by atoms with Crippen LogP contribution in [-0.2, 0) is 4.74 Å². The van der Waals surface area contributed by atoms with Crippen molar-refractivity contribution in [3.05, 3.63) is 64.9 Å². The van der Waals surface area contributed by atoms with E-state index in [9.17, 15) is 0 Å². The zero-order valence-electron chi connectivity index (χ0n) is 14.2. The molecule has 0 spiro atoms. The van der Waals surface area contributed by atoms with Gasteiger partial charge in [0.25, 0.3) is 0 Å². The first-order valence-electron chi connectivity index (χ1n) is 8.03. The summed E-state index contributed by atoms with van der Waals surface area (Å²) in [5.74, 6) is 1.38. The second-order valence-corrected chi connectivity index (χ2v) is 6.14. The molecule has 25 heavy (non-hydrogen) atoms. The lowest BCUT2D eigenvalue weighted by atomic mass is 10.0. The normalized spacial score (nSPS) is 12.1. The Morgan fingerprint density at radius 3 is 2.52 bits per heavy atom. The molecular weight excluding hydrogens is 338 g/mol. The molecule has 0 aliphatic rings. The van der Waals surface area contributed by atoms with Gasteiger partial charge in [-0.25, -0.2) is 4.68 Å². The van der Waals surface area contributed by atoms with Crippen LogP contribution in [0.4, 0.5) is 5.82 Å². The van der Waals surface area contributed by atoms with E-state index in [4.69, 9.17) is 16.3 Å². The van der Waals surface area contributed by atoms with Gasteiger partial charge >= 0.3 is 0 Å². The van der Waals surface area contributed by atoms with E-state index in [-0.39, 0.29) is 6.04 Å². The van der Waals surface area contributed by atoms with Crippen LogP contribution < -0.4 is 5.32 Å². The Balaban J connectivity index is 1.75. The molecule has 0 fully saturated rings. The lowest BCUT2D eigenvalue weighted by Gasteiger charge is -2.19. The monoisotopic (exact) mass is 357 g/mol. The fraction of sp³-hybridized carbons (Fsp3) is 0.278. The zero-order valence-corrected chi connectivity index (χ0v) is 14.9. The van der Waals surface area contributed by atoms with Crippen molar-refractivity contribution in [1.29, 1.82) is 0 Å². The molecule has 0 bridgehead atoms. The van der Waals surface area contributed by atoms with Gasteiger partial charge in [0.2, 0.25) is 0 Å². The predicted molar refractivity (Wildman–Crippen MR) is 98.2 cm³/mol. The number of methoxy groups -OCH3 is 1. The van der Waals surface area contributed by atoms with Gasteiger partial charge in [-0.05, 0) is 49.2 Å². The first kappa shape index (κ1) is 17.4. The van der Waals surface area contributed by atoms with E-state index in [1.807, 2.05) is 55.6 Å². The Morgan fingerprint density at radius 2 is 1.92 bits per heavy atom. The number of hydrogen-bond donors (Lipinski definition) is 1. The minimum absolute atomic E-state index is 0.0596. The van der Waals surface area contributed by atoms with Gasteiger partial charge in [-0.15, -0.1) is 10.2 Å². The Bertz CT molecular complexity index is 801. The molecule has 1 aromatic carbocycles. The molecule has 0 radical (unpaired) electrons. The van der Waals surface area contributed by atoms with Crippen LogP contribution in [0.15, 0.2) is 48.7 Å². The average Bonchev–Trinajstić information content (AvgIpc) is 3.06. The van der Waals surface area contributed by atoms with E-state index in [1.54, 1.807) is 11.8 Å². The summed E-state index contributed by atoms with van der Waals surface area (Å²) in [6.07, 6.45) is 2.67. The number of nitrogens with zero attached hydrogens (tertiary/aromatic N) is 4. The first-order chi connectivity index (χ1) is 12.2. The molecule has 2 heterocycles. The van der Waals surface area contributed by atoms with Crippen molar-refractivity contribution in [3.8, 4) is 5.82 Å². The molecule has 3 rings (SSSR count). The predicted octanol–water partition coefficient (Wildman–Crippen LogP) is 3.81. The van der Waals surface area contributed by atoms with Crippen LogP contribution in [0.25, 0.3) is 5.82 Å². The quantitative estimate of drug-likeness (QED) is 0.696. The number of ether oxygens (including phenoxy) is 1. The number of anilines is 1. The van der Waals surface area contributed by atoms with Gasteiger partial charge in [0.1, 0.15) is 5.82 Å². The number of nitrogens with one attached hydrogen (secondary N) is 1. The summed E-state index contributed by atoms with van der Waals surface area (Å²) in [6.45, 7) is 2.57. The topological polar surface area (TPSA) is 64.9 Å². The third-order valence-corrected chi connectivity index (χ3v) is 4.06. The molecule has 0 aliphatic heterocycles. The highest BCUT2D eigenvalue weighted by Crippen LogP contribution is 2.23. The second-order valence-electron chi connectivity index (χ2n) is 5.71. The molecular formula is C18H20ClN5O. The molecule has 1 N–H and O–H groups in total. The molecule has 0 saturated carbocycles. The standard InChI is InChI=1S/C18H20ClN5O/c1-13-9-11-24(23-13)18-8-7-17(21-22-18)20-16(10-12-25-2)14-3-5-15(19)6-4-14/h3-9,11,16H,10,12H2,1-2H3,(H,20,21). The maximum Gasteiger partial charge on any atom is 0.175 e. The minimum atomic E-state index is 0.0596. The molecule has 0 amide bonds. The Hall–Kier alpha value is -2.44. The molecule has 0 aliphatic carbocycles. The summed E-state index contributed by atoms with van der Waals surface area (Å²) in [7, 11) is 1.69. The highest BCUT2D eigenvalue weighted by Gasteiger charge is 2.12. The lowest BCUT2D eigenvalue weighted by molar-refractivity contribution is 0.190. The van der Waals surface area contributed by atoms with Gasteiger partial charge in [-0.1, -0.05) is 23.7 Å². The molecule has 1 atom stereocenters. The Labute approximate surface area is 151 Å². The summed E-state index contributed by atoms with van der Waals surface area (Å²) in [6, 6.07) is 13.5. The van der Waals surface area contributed by atoms with Gasteiger partial charge in [-0.3, -0.25) is 0 Å². The molecule has 6 nitrogen and oxygen atoms in total. The zero-order chi connectivity index (χ0) is 17.6. The SMILES string of the molecule is COCCC(Nc1ccc(-n2ccc(C)n2)nn1)c1ccc(Cl)cc1. The summed E-state index contributed by atoms with van der Waals surface area (Å²) in [4.78, 5) is 0. The van der Waals surface area contributed by atoms with E-state index in [0.717, 1.165) is 17.7 Å². The van der Waals surface area contributed by atoms with Crippen molar-refractivity contribution < 1.29 is 4.74 Å². The van der Waals surface area contributed by atoms with Crippen molar-refractivity contribution in [2.75, 3.05) is 19.0 Å². The van der Waals surface area contributed by atoms with Crippen molar-refractivity contribution in [2.24, 2.45) is 0 Å². The third-order valence-electron chi connectivity index (χ3n) is 3.81. The molecule has 130 valence electrons. The van der Waals surface area contributed by atoms with Crippen LogP contribution in [0.1, 0.15) is 23.7 Å². The van der Waals surface area contributed by atoms with E-state index < -0.39 is 0 Å². The minimum Gasteiger partial charge on any atom is -0.385 e. The number of aromatic nitrogens is 4. The number of benzene rings is 1. The fourth-order valence-electron chi connectivity index (χ4n) is 2.50. The molecule has 7 heteroatoms. The van der Waals surface area contributed by atoms with Gasteiger partial charge in [0.05, 0.1) is 11.7 Å². The van der Waals surface area contributed by atoms with Crippen molar-refractivity contribution in [2.45, 2.75) is 19.4 Å². The number of halogens is 1. The third kappa shape index (κ3) is 4.55. The van der Waals surface area contributed by atoms with Crippen LogP contribution in [0, 0.1) is 6.92 Å². The van der Waals surface area contributed by atoms with Gasteiger partial charge in [-0.2, -0.15) is 5.10 Å². The Kier molecular flexibility index (Phi) is 5.63. The van der Waals surface area contributed by atoms with Crippen LogP contribution in [0.2, 0.25) is 5.02 Å². The second kappa shape index (κ2) is 8.09. The van der Waals surface area contributed by atoms with Gasteiger partial charge < -0.3 is 10.1 Å². The highest BCUT2D eigenvalue weighted by atomic mass is 35.5. The Morgan fingerprint density at radius 1 is 1.12 bits per heavy atom. The molecule has 2 aromatic heterocycles. The number of hydrogen-bond acceptors (Lipinski definition) is 5. The van der Waals surface area contributed by atoms with Crippen molar-refractivity contribution >= 4 is 17.4 Å². The summed E-state index contributed by atoms with van der Waals surface area (Å²) in [5.41, 5.74) is 2.06. The van der Waals surface area contributed by atoms with E-state index in [1.165, 1.54) is 0 Å². The summed E-state index contributed by atoms with van der Waals surface area (Å²) >= 11 is 5.98. The van der Waals surface area contributed by atoms with Crippen molar-refractivity contribution in [1.82, 2.24) is 20.0 Å². The summed E-state index contributed by atoms with van der Waals surface area (Å²) < 4.78 is 6.92. The van der Waals surface area contributed by atoms with Crippen LogP contribution >= 0.6 is 11.6 Å². The van der Waals surface area contributed by atoms with Crippen LogP contribution in [0.3, 0.4) is 0 Å². The fourth-order valence-corrected chi connectivity index (χ4v) is 2.62. The largest absolute Gasteiger partial charge is 0.385 e. The maximum absolute atomic E-state index is 5.98.